The zero-order chi connectivity index (χ0) is 10.4. The fourth-order valence-electron chi connectivity index (χ4n) is 1.76. The van der Waals surface area contributed by atoms with Crippen LogP contribution >= 0.6 is 15.9 Å². The van der Waals surface area contributed by atoms with Crippen molar-refractivity contribution in [1.29, 1.82) is 0 Å². The molecule has 0 spiro atoms. The van der Waals surface area contributed by atoms with E-state index in [9.17, 15) is 0 Å². The van der Waals surface area contributed by atoms with Crippen LogP contribution in [-0.2, 0) is 0 Å². The predicted molar refractivity (Wildman–Crippen MR) is 65.8 cm³/mol. The highest BCUT2D eigenvalue weighted by atomic mass is 79.9. The molecule has 1 heterocycles. The van der Waals surface area contributed by atoms with E-state index in [0.29, 0.717) is 0 Å². The van der Waals surface area contributed by atoms with Crippen LogP contribution in [0.2, 0.25) is 0 Å². The van der Waals surface area contributed by atoms with E-state index in [1.165, 1.54) is 0 Å². The summed E-state index contributed by atoms with van der Waals surface area (Å²) in [5.41, 5.74) is 8.33. The molecule has 2 nitrogen and oxygen atoms in total. The van der Waals surface area contributed by atoms with Gasteiger partial charge in [-0.3, -0.25) is 0 Å². The largest absolute Gasteiger partial charge is 0.456 e. The molecular formula is C12H8BrNO. The van der Waals surface area contributed by atoms with E-state index < -0.39 is 0 Å². The lowest BCUT2D eigenvalue weighted by atomic mass is 10.1. The number of benzene rings is 2. The first-order chi connectivity index (χ1) is 7.25. The van der Waals surface area contributed by atoms with Crippen LogP contribution in [-0.4, -0.2) is 0 Å². The molecule has 0 radical (unpaired) electrons. The van der Waals surface area contributed by atoms with Crippen molar-refractivity contribution in [1.82, 2.24) is 0 Å². The average molecular weight is 262 g/mol. The maximum Gasteiger partial charge on any atom is 0.136 e. The topological polar surface area (TPSA) is 39.2 Å². The Morgan fingerprint density at radius 3 is 2.67 bits per heavy atom. The molecule has 0 aliphatic heterocycles. The lowest BCUT2D eigenvalue weighted by Gasteiger charge is -1.96. The van der Waals surface area contributed by atoms with Crippen LogP contribution in [0.1, 0.15) is 0 Å². The van der Waals surface area contributed by atoms with Gasteiger partial charge in [-0.15, -0.1) is 0 Å². The standard InChI is InChI=1S/C12H8BrNO/c13-9-6-12-8(5-10(9)14)7-3-1-2-4-11(7)15-12/h1-6H,14H2. The second kappa shape index (κ2) is 3.00. The summed E-state index contributed by atoms with van der Waals surface area (Å²) in [7, 11) is 0. The summed E-state index contributed by atoms with van der Waals surface area (Å²) in [6, 6.07) is 11.8. The molecule has 3 heteroatoms. The lowest BCUT2D eigenvalue weighted by molar-refractivity contribution is 0.669. The number of hydrogen-bond acceptors (Lipinski definition) is 2. The van der Waals surface area contributed by atoms with Crippen LogP contribution in [0.3, 0.4) is 0 Å². The van der Waals surface area contributed by atoms with Gasteiger partial charge in [0.25, 0.3) is 0 Å². The molecule has 0 fully saturated rings. The summed E-state index contributed by atoms with van der Waals surface area (Å²) in [5, 5.41) is 2.16. The van der Waals surface area contributed by atoms with Crippen molar-refractivity contribution in [2.24, 2.45) is 0 Å². The molecule has 1 aromatic heterocycles. The van der Waals surface area contributed by atoms with Gasteiger partial charge in [0.15, 0.2) is 0 Å². The maximum absolute atomic E-state index is 5.85. The van der Waals surface area contributed by atoms with Gasteiger partial charge in [0.05, 0.1) is 0 Å². The SMILES string of the molecule is Nc1cc2c(cc1Br)oc1ccccc12. The molecule has 15 heavy (non-hydrogen) atoms. The Kier molecular flexibility index (Phi) is 1.76. The van der Waals surface area contributed by atoms with Crippen LogP contribution < -0.4 is 5.73 Å². The third kappa shape index (κ3) is 1.23. The lowest BCUT2D eigenvalue weighted by Crippen LogP contribution is -1.84. The summed E-state index contributed by atoms with van der Waals surface area (Å²) in [4.78, 5) is 0. The minimum Gasteiger partial charge on any atom is -0.456 e. The van der Waals surface area contributed by atoms with Gasteiger partial charge in [-0.25, -0.2) is 0 Å². The number of rotatable bonds is 0. The molecule has 2 N–H and O–H groups in total. The van der Waals surface area contributed by atoms with Gasteiger partial charge in [0.2, 0.25) is 0 Å². The Hall–Kier alpha value is -1.48. The van der Waals surface area contributed by atoms with Crippen LogP contribution in [0.15, 0.2) is 45.3 Å². The van der Waals surface area contributed by atoms with Gasteiger partial charge in [-0.1, -0.05) is 18.2 Å². The molecule has 74 valence electrons. The number of nitrogens with two attached hydrogens (primary N) is 1. The van der Waals surface area contributed by atoms with E-state index in [-0.39, 0.29) is 0 Å². The van der Waals surface area contributed by atoms with Gasteiger partial charge in [0, 0.05) is 20.9 Å². The Balaban J connectivity index is 2.56. The van der Waals surface area contributed by atoms with E-state index in [1.54, 1.807) is 0 Å². The maximum atomic E-state index is 5.85. The smallest absolute Gasteiger partial charge is 0.136 e. The molecule has 0 amide bonds. The summed E-state index contributed by atoms with van der Waals surface area (Å²) in [6.45, 7) is 0. The van der Waals surface area contributed by atoms with Gasteiger partial charge in [0.1, 0.15) is 11.2 Å². The number of furan rings is 1. The third-order valence-corrected chi connectivity index (χ3v) is 3.18. The summed E-state index contributed by atoms with van der Waals surface area (Å²) in [6.07, 6.45) is 0. The molecule has 3 aromatic rings. The minimum absolute atomic E-state index is 0.731. The van der Waals surface area contributed by atoms with Crippen molar-refractivity contribution in [3.05, 3.63) is 40.9 Å². The Morgan fingerprint density at radius 2 is 1.80 bits per heavy atom. The van der Waals surface area contributed by atoms with E-state index in [4.69, 9.17) is 10.2 Å². The van der Waals surface area contributed by atoms with Crippen LogP contribution in [0.25, 0.3) is 21.9 Å². The van der Waals surface area contributed by atoms with Crippen LogP contribution in [0.4, 0.5) is 5.69 Å². The zero-order valence-corrected chi connectivity index (χ0v) is 9.41. The average Bonchev–Trinajstić information content (AvgIpc) is 2.57. The first kappa shape index (κ1) is 8.80. The Bertz CT molecular complexity index is 657. The molecule has 0 unspecified atom stereocenters. The highest BCUT2D eigenvalue weighted by Crippen LogP contribution is 2.33. The molecule has 0 saturated carbocycles. The number of hydrogen-bond donors (Lipinski definition) is 1. The van der Waals surface area contributed by atoms with E-state index >= 15 is 0 Å². The monoisotopic (exact) mass is 261 g/mol. The first-order valence-corrected chi connectivity index (χ1v) is 5.41. The second-order valence-corrected chi connectivity index (χ2v) is 4.32. The molecule has 0 bridgehead atoms. The van der Waals surface area contributed by atoms with Crippen LogP contribution in [0.5, 0.6) is 0 Å². The van der Waals surface area contributed by atoms with Gasteiger partial charge >= 0.3 is 0 Å². The third-order valence-electron chi connectivity index (χ3n) is 2.50. The van der Waals surface area contributed by atoms with Crippen LogP contribution in [0, 0.1) is 0 Å². The summed E-state index contributed by atoms with van der Waals surface area (Å²) >= 11 is 3.39. The van der Waals surface area contributed by atoms with Crippen molar-refractivity contribution in [2.75, 3.05) is 5.73 Å². The van der Waals surface area contributed by atoms with Crippen molar-refractivity contribution >= 4 is 43.6 Å². The highest BCUT2D eigenvalue weighted by Gasteiger charge is 2.08. The van der Waals surface area contributed by atoms with Gasteiger partial charge in [-0.2, -0.15) is 0 Å². The molecular weight excluding hydrogens is 254 g/mol. The fraction of sp³-hybridized carbons (Fsp3) is 0. The van der Waals surface area contributed by atoms with Crippen molar-refractivity contribution < 1.29 is 4.42 Å². The number of nitrogen functional groups attached to an aromatic ring is 1. The Morgan fingerprint density at radius 1 is 1.00 bits per heavy atom. The molecule has 0 saturated heterocycles. The number of para-hydroxylation sites is 1. The highest BCUT2D eigenvalue weighted by molar-refractivity contribution is 9.10. The van der Waals surface area contributed by atoms with Gasteiger partial charge in [-0.05, 0) is 34.1 Å². The van der Waals surface area contributed by atoms with E-state index in [1.807, 2.05) is 36.4 Å². The summed E-state index contributed by atoms with van der Waals surface area (Å²) in [5.74, 6) is 0. The first-order valence-electron chi connectivity index (χ1n) is 4.62. The van der Waals surface area contributed by atoms with Gasteiger partial charge < -0.3 is 10.2 Å². The van der Waals surface area contributed by atoms with E-state index in [0.717, 1.165) is 32.1 Å². The number of halogens is 1. The quantitative estimate of drug-likeness (QED) is 0.623. The van der Waals surface area contributed by atoms with Crippen molar-refractivity contribution in [3.63, 3.8) is 0 Å². The van der Waals surface area contributed by atoms with Crippen molar-refractivity contribution in [3.8, 4) is 0 Å². The van der Waals surface area contributed by atoms with Crippen molar-refractivity contribution in [2.45, 2.75) is 0 Å². The Labute approximate surface area is 94.8 Å². The second-order valence-electron chi connectivity index (χ2n) is 3.47. The molecule has 0 aliphatic carbocycles. The molecule has 3 rings (SSSR count). The molecule has 0 aliphatic rings. The normalized spacial score (nSPS) is 11.3. The molecule has 0 atom stereocenters. The zero-order valence-electron chi connectivity index (χ0n) is 7.83. The number of anilines is 1. The fourth-order valence-corrected chi connectivity index (χ4v) is 2.09. The molecule has 2 aromatic carbocycles. The predicted octanol–water partition coefficient (Wildman–Crippen LogP) is 3.93. The van der Waals surface area contributed by atoms with E-state index in [2.05, 4.69) is 15.9 Å². The minimum atomic E-state index is 0.731. The summed E-state index contributed by atoms with van der Waals surface area (Å²) < 4.78 is 6.57. The number of fused-ring (bicyclic) bond motifs is 3.